The van der Waals surface area contributed by atoms with Gasteiger partial charge in [0.15, 0.2) is 0 Å². The van der Waals surface area contributed by atoms with Crippen LogP contribution in [0, 0.1) is 0 Å². The van der Waals surface area contributed by atoms with E-state index in [9.17, 15) is 13.2 Å². The highest BCUT2D eigenvalue weighted by molar-refractivity contribution is 7.89. The quantitative estimate of drug-likeness (QED) is 0.803. The number of sulfonamides is 1. The molecule has 1 aromatic carbocycles. The molecule has 0 saturated carbocycles. The first-order valence-corrected chi connectivity index (χ1v) is 8.88. The molecule has 22 heavy (non-hydrogen) atoms. The Hall–Kier alpha value is -1.60. The van der Waals surface area contributed by atoms with Crippen molar-refractivity contribution in [3.05, 3.63) is 29.8 Å². The minimum Gasteiger partial charge on any atom is -0.336 e. The maximum atomic E-state index is 12.3. The summed E-state index contributed by atoms with van der Waals surface area (Å²) in [7, 11) is -3.43. The van der Waals surface area contributed by atoms with Crippen LogP contribution < -0.4 is 10.6 Å². The van der Waals surface area contributed by atoms with E-state index in [2.05, 4.69) is 10.6 Å². The van der Waals surface area contributed by atoms with Crippen LogP contribution in [-0.4, -0.2) is 37.9 Å². The Balaban J connectivity index is 2.73. The molecule has 0 radical (unpaired) electrons. The van der Waals surface area contributed by atoms with Gasteiger partial charge in [-0.25, -0.2) is 13.2 Å². The van der Waals surface area contributed by atoms with Gasteiger partial charge >= 0.3 is 6.03 Å². The van der Waals surface area contributed by atoms with Crippen LogP contribution >= 0.6 is 0 Å². The van der Waals surface area contributed by atoms with Gasteiger partial charge in [0.2, 0.25) is 10.0 Å². The second kappa shape index (κ2) is 8.14. The Bertz CT molecular complexity index is 579. The molecule has 0 saturated heterocycles. The average Bonchev–Trinajstić information content (AvgIpc) is 2.46. The minimum absolute atomic E-state index is 0.0709. The molecule has 2 amide bonds. The van der Waals surface area contributed by atoms with E-state index >= 15 is 0 Å². The maximum Gasteiger partial charge on any atom is 0.315 e. The number of nitrogens with one attached hydrogen (secondary N) is 2. The van der Waals surface area contributed by atoms with E-state index in [1.54, 1.807) is 24.3 Å². The standard InChI is InChI=1S/C15H25N3O3S/c1-5-18(6-2)22(20,21)14-9-7-13(8-10-14)11-16-15(19)17-12(3)4/h7-10,12H,5-6,11H2,1-4H3,(H2,16,17,19). The molecule has 7 heteroatoms. The van der Waals surface area contributed by atoms with Crippen LogP contribution in [0.3, 0.4) is 0 Å². The van der Waals surface area contributed by atoms with E-state index in [1.165, 1.54) is 4.31 Å². The summed E-state index contributed by atoms with van der Waals surface area (Å²) in [4.78, 5) is 11.8. The molecule has 0 fully saturated rings. The van der Waals surface area contributed by atoms with E-state index in [1.807, 2.05) is 27.7 Å². The maximum absolute atomic E-state index is 12.3. The first-order valence-electron chi connectivity index (χ1n) is 7.44. The lowest BCUT2D eigenvalue weighted by Crippen LogP contribution is -2.39. The molecule has 0 heterocycles. The third-order valence-electron chi connectivity index (χ3n) is 3.14. The third kappa shape index (κ3) is 4.99. The van der Waals surface area contributed by atoms with Gasteiger partial charge < -0.3 is 10.6 Å². The van der Waals surface area contributed by atoms with Gasteiger partial charge in [-0.3, -0.25) is 0 Å². The van der Waals surface area contributed by atoms with Gasteiger partial charge in [-0.15, -0.1) is 0 Å². The van der Waals surface area contributed by atoms with E-state index in [-0.39, 0.29) is 17.0 Å². The van der Waals surface area contributed by atoms with Crippen molar-refractivity contribution in [2.75, 3.05) is 13.1 Å². The van der Waals surface area contributed by atoms with E-state index in [0.29, 0.717) is 19.6 Å². The summed E-state index contributed by atoms with van der Waals surface area (Å²) in [5.74, 6) is 0. The van der Waals surface area contributed by atoms with Crippen molar-refractivity contribution in [1.82, 2.24) is 14.9 Å². The van der Waals surface area contributed by atoms with Crippen LogP contribution in [0.1, 0.15) is 33.3 Å². The van der Waals surface area contributed by atoms with Gasteiger partial charge in [0.1, 0.15) is 0 Å². The number of amides is 2. The molecule has 6 nitrogen and oxygen atoms in total. The van der Waals surface area contributed by atoms with Gasteiger partial charge in [-0.1, -0.05) is 26.0 Å². The SMILES string of the molecule is CCN(CC)S(=O)(=O)c1ccc(CNC(=O)NC(C)C)cc1. The number of rotatable bonds is 7. The summed E-state index contributed by atoms with van der Waals surface area (Å²) in [6.07, 6.45) is 0. The number of carbonyl (C=O) groups is 1. The number of hydrogen-bond donors (Lipinski definition) is 2. The van der Waals surface area contributed by atoms with E-state index in [4.69, 9.17) is 0 Å². The van der Waals surface area contributed by atoms with Crippen molar-refractivity contribution in [3.8, 4) is 0 Å². The molecule has 0 spiro atoms. The number of benzene rings is 1. The molecule has 0 aliphatic rings. The van der Waals surface area contributed by atoms with Gasteiger partial charge in [-0.2, -0.15) is 4.31 Å². The predicted molar refractivity (Wildman–Crippen MR) is 87.1 cm³/mol. The molecule has 0 aliphatic heterocycles. The Labute approximate surface area is 132 Å². The van der Waals surface area contributed by atoms with Crippen molar-refractivity contribution in [2.24, 2.45) is 0 Å². The van der Waals surface area contributed by atoms with Crippen LogP contribution in [-0.2, 0) is 16.6 Å². The molecule has 2 N–H and O–H groups in total. The molecule has 0 aromatic heterocycles. The molecule has 124 valence electrons. The fourth-order valence-electron chi connectivity index (χ4n) is 1.99. The van der Waals surface area contributed by atoms with Crippen molar-refractivity contribution in [1.29, 1.82) is 0 Å². The number of carbonyl (C=O) groups excluding carboxylic acids is 1. The van der Waals surface area contributed by atoms with Gasteiger partial charge in [0.25, 0.3) is 0 Å². The van der Waals surface area contributed by atoms with Crippen LogP contribution in [0.2, 0.25) is 0 Å². The van der Waals surface area contributed by atoms with Crippen LogP contribution in [0.15, 0.2) is 29.2 Å². The average molecular weight is 327 g/mol. The molecule has 0 bridgehead atoms. The summed E-state index contributed by atoms with van der Waals surface area (Å²) >= 11 is 0. The summed E-state index contributed by atoms with van der Waals surface area (Å²) < 4.78 is 26.1. The van der Waals surface area contributed by atoms with Crippen LogP contribution in [0.5, 0.6) is 0 Å². The Morgan fingerprint density at radius 1 is 1.14 bits per heavy atom. The predicted octanol–water partition coefficient (Wildman–Crippen LogP) is 1.92. The number of hydrogen-bond acceptors (Lipinski definition) is 3. The molecule has 0 atom stereocenters. The molecule has 1 aromatic rings. The second-order valence-electron chi connectivity index (χ2n) is 5.21. The molecular weight excluding hydrogens is 302 g/mol. The lowest BCUT2D eigenvalue weighted by atomic mass is 10.2. The van der Waals surface area contributed by atoms with Gasteiger partial charge in [-0.05, 0) is 31.5 Å². The normalized spacial score (nSPS) is 11.7. The zero-order chi connectivity index (χ0) is 16.8. The second-order valence-corrected chi connectivity index (χ2v) is 7.15. The van der Waals surface area contributed by atoms with E-state index in [0.717, 1.165) is 5.56 Å². The summed E-state index contributed by atoms with van der Waals surface area (Å²) in [6, 6.07) is 6.41. The van der Waals surface area contributed by atoms with Gasteiger partial charge in [0, 0.05) is 25.7 Å². The lowest BCUT2D eigenvalue weighted by molar-refractivity contribution is 0.238. The summed E-state index contributed by atoms with van der Waals surface area (Å²) in [6.45, 7) is 8.62. The lowest BCUT2D eigenvalue weighted by Gasteiger charge is -2.18. The zero-order valence-electron chi connectivity index (χ0n) is 13.6. The topological polar surface area (TPSA) is 78.5 Å². The molecule has 0 unspecified atom stereocenters. The van der Waals surface area contributed by atoms with E-state index < -0.39 is 10.0 Å². The Kier molecular flexibility index (Phi) is 6.83. The molecule has 0 aliphatic carbocycles. The highest BCUT2D eigenvalue weighted by Gasteiger charge is 2.21. The smallest absolute Gasteiger partial charge is 0.315 e. The van der Waals surface area contributed by atoms with Gasteiger partial charge in [0.05, 0.1) is 4.90 Å². The third-order valence-corrected chi connectivity index (χ3v) is 5.20. The Morgan fingerprint density at radius 3 is 2.14 bits per heavy atom. The monoisotopic (exact) mass is 327 g/mol. The summed E-state index contributed by atoms with van der Waals surface area (Å²) in [5, 5.41) is 5.45. The van der Waals surface area contributed by atoms with Crippen molar-refractivity contribution >= 4 is 16.1 Å². The minimum atomic E-state index is -3.43. The number of urea groups is 1. The largest absolute Gasteiger partial charge is 0.336 e. The molecular formula is C15H25N3O3S. The molecule has 1 rings (SSSR count). The zero-order valence-corrected chi connectivity index (χ0v) is 14.4. The highest BCUT2D eigenvalue weighted by Crippen LogP contribution is 2.16. The Morgan fingerprint density at radius 2 is 1.68 bits per heavy atom. The fourth-order valence-corrected chi connectivity index (χ4v) is 3.45. The van der Waals surface area contributed by atoms with Crippen LogP contribution in [0.25, 0.3) is 0 Å². The first kappa shape index (κ1) is 18.4. The van der Waals surface area contributed by atoms with Crippen LogP contribution in [0.4, 0.5) is 4.79 Å². The summed E-state index contributed by atoms with van der Waals surface area (Å²) in [5.41, 5.74) is 0.845. The highest BCUT2D eigenvalue weighted by atomic mass is 32.2. The van der Waals surface area contributed by atoms with Crippen molar-refractivity contribution in [2.45, 2.75) is 45.2 Å². The van der Waals surface area contributed by atoms with Crippen molar-refractivity contribution < 1.29 is 13.2 Å². The fraction of sp³-hybridized carbons (Fsp3) is 0.533. The first-order chi connectivity index (χ1) is 10.3. The number of nitrogens with zero attached hydrogens (tertiary/aromatic N) is 1. The van der Waals surface area contributed by atoms with Crippen molar-refractivity contribution in [3.63, 3.8) is 0 Å².